The van der Waals surface area contributed by atoms with Crippen LogP contribution in [0, 0.1) is 0 Å². The fraction of sp³-hybridized carbons (Fsp3) is 0.571. The Balaban J connectivity index is 2.40. The lowest BCUT2D eigenvalue weighted by Crippen LogP contribution is -2.46. The first-order valence-electron chi connectivity index (χ1n) is 5.97. The SMILES string of the molecule is CSc1ccc(CNCC(C)(C)N(C)C)cc1. The molecular formula is C14H24N2S. The molecule has 0 amide bonds. The molecule has 0 unspecified atom stereocenters. The van der Waals surface area contributed by atoms with Gasteiger partial charge in [-0.15, -0.1) is 11.8 Å². The standard InChI is InChI=1S/C14H24N2S/c1-14(2,16(3)4)11-15-10-12-6-8-13(17-5)9-7-12/h6-9,15H,10-11H2,1-5H3. The van der Waals surface area contributed by atoms with Crippen LogP contribution >= 0.6 is 11.8 Å². The number of thioether (sulfide) groups is 1. The van der Waals surface area contributed by atoms with Gasteiger partial charge in [0.15, 0.2) is 0 Å². The van der Waals surface area contributed by atoms with E-state index in [9.17, 15) is 0 Å². The lowest BCUT2D eigenvalue weighted by molar-refractivity contribution is 0.190. The number of nitrogens with one attached hydrogen (secondary N) is 1. The van der Waals surface area contributed by atoms with Crippen molar-refractivity contribution in [2.24, 2.45) is 0 Å². The summed E-state index contributed by atoms with van der Waals surface area (Å²) in [7, 11) is 4.24. The molecule has 2 nitrogen and oxygen atoms in total. The first-order valence-corrected chi connectivity index (χ1v) is 7.19. The van der Waals surface area contributed by atoms with E-state index in [4.69, 9.17) is 0 Å². The molecule has 0 radical (unpaired) electrons. The lowest BCUT2D eigenvalue weighted by atomic mass is 10.0. The van der Waals surface area contributed by atoms with E-state index in [2.05, 4.69) is 68.7 Å². The average Bonchev–Trinajstić information content (AvgIpc) is 2.29. The van der Waals surface area contributed by atoms with Gasteiger partial charge in [0.1, 0.15) is 0 Å². The molecule has 1 aromatic carbocycles. The van der Waals surface area contributed by atoms with Crippen molar-refractivity contribution in [2.75, 3.05) is 26.9 Å². The molecule has 0 saturated heterocycles. The summed E-state index contributed by atoms with van der Waals surface area (Å²) in [5, 5.41) is 3.51. The molecule has 1 rings (SSSR count). The Morgan fingerprint density at radius 3 is 2.24 bits per heavy atom. The van der Waals surface area contributed by atoms with E-state index < -0.39 is 0 Å². The topological polar surface area (TPSA) is 15.3 Å². The molecule has 0 aliphatic heterocycles. The normalized spacial score (nSPS) is 12.1. The zero-order valence-corrected chi connectivity index (χ0v) is 12.4. The Morgan fingerprint density at radius 2 is 1.76 bits per heavy atom. The minimum atomic E-state index is 0.194. The van der Waals surface area contributed by atoms with E-state index in [-0.39, 0.29) is 5.54 Å². The third-order valence-corrected chi connectivity index (χ3v) is 4.00. The number of likely N-dealkylation sites (N-methyl/N-ethyl adjacent to an activating group) is 1. The summed E-state index contributed by atoms with van der Waals surface area (Å²) in [5.74, 6) is 0. The predicted molar refractivity (Wildman–Crippen MR) is 77.7 cm³/mol. The van der Waals surface area contributed by atoms with Gasteiger partial charge in [-0.05, 0) is 51.9 Å². The first-order chi connectivity index (χ1) is 7.95. The fourth-order valence-corrected chi connectivity index (χ4v) is 1.82. The van der Waals surface area contributed by atoms with Gasteiger partial charge < -0.3 is 10.2 Å². The summed E-state index contributed by atoms with van der Waals surface area (Å²) in [5.41, 5.74) is 1.54. The van der Waals surface area contributed by atoms with Gasteiger partial charge in [-0.25, -0.2) is 0 Å². The van der Waals surface area contributed by atoms with Gasteiger partial charge in [0.2, 0.25) is 0 Å². The second-order valence-electron chi connectivity index (χ2n) is 5.16. The smallest absolute Gasteiger partial charge is 0.0271 e. The Bertz CT molecular complexity index is 331. The third-order valence-electron chi connectivity index (χ3n) is 3.26. The van der Waals surface area contributed by atoms with Crippen LogP contribution in [0.1, 0.15) is 19.4 Å². The Labute approximate surface area is 110 Å². The van der Waals surface area contributed by atoms with E-state index in [1.54, 1.807) is 11.8 Å². The summed E-state index contributed by atoms with van der Waals surface area (Å²) in [6, 6.07) is 8.75. The van der Waals surface area contributed by atoms with Crippen molar-refractivity contribution in [3.8, 4) is 0 Å². The Kier molecular flexibility index (Phi) is 5.50. The molecular weight excluding hydrogens is 228 g/mol. The van der Waals surface area contributed by atoms with Crippen LogP contribution < -0.4 is 5.32 Å². The molecule has 0 saturated carbocycles. The highest BCUT2D eigenvalue weighted by Crippen LogP contribution is 2.15. The van der Waals surface area contributed by atoms with Gasteiger partial charge in [-0.2, -0.15) is 0 Å². The molecule has 0 fully saturated rings. The highest BCUT2D eigenvalue weighted by Gasteiger charge is 2.19. The van der Waals surface area contributed by atoms with Crippen LogP contribution in [-0.4, -0.2) is 37.3 Å². The van der Waals surface area contributed by atoms with Crippen LogP contribution in [0.15, 0.2) is 29.2 Å². The second kappa shape index (κ2) is 6.43. The molecule has 1 aromatic rings. The van der Waals surface area contributed by atoms with E-state index in [1.165, 1.54) is 10.5 Å². The van der Waals surface area contributed by atoms with Gasteiger partial charge in [0, 0.05) is 23.5 Å². The minimum absolute atomic E-state index is 0.194. The molecule has 0 aliphatic carbocycles. The van der Waals surface area contributed by atoms with Crippen molar-refractivity contribution in [1.29, 1.82) is 0 Å². The Morgan fingerprint density at radius 1 is 1.18 bits per heavy atom. The molecule has 0 spiro atoms. The zero-order valence-electron chi connectivity index (χ0n) is 11.6. The first kappa shape index (κ1) is 14.6. The molecule has 0 bridgehead atoms. The molecule has 0 aliphatic rings. The molecule has 1 N–H and O–H groups in total. The number of rotatable bonds is 6. The lowest BCUT2D eigenvalue weighted by Gasteiger charge is -2.32. The third kappa shape index (κ3) is 4.70. The van der Waals surface area contributed by atoms with E-state index in [1.807, 2.05) is 0 Å². The molecule has 0 aromatic heterocycles. The van der Waals surface area contributed by atoms with Gasteiger partial charge in [0.05, 0.1) is 0 Å². The van der Waals surface area contributed by atoms with Gasteiger partial charge in [-0.3, -0.25) is 0 Å². The van der Waals surface area contributed by atoms with Crippen LogP contribution in [0.3, 0.4) is 0 Å². The molecule has 0 atom stereocenters. The molecule has 96 valence electrons. The van der Waals surface area contributed by atoms with Crippen molar-refractivity contribution >= 4 is 11.8 Å². The van der Waals surface area contributed by atoms with Gasteiger partial charge in [-0.1, -0.05) is 12.1 Å². The number of hydrogen-bond donors (Lipinski definition) is 1. The van der Waals surface area contributed by atoms with Crippen LogP contribution in [0.5, 0.6) is 0 Å². The molecule has 3 heteroatoms. The van der Waals surface area contributed by atoms with Crippen LogP contribution in [-0.2, 0) is 6.54 Å². The average molecular weight is 252 g/mol. The molecule has 17 heavy (non-hydrogen) atoms. The summed E-state index contributed by atoms with van der Waals surface area (Å²) in [4.78, 5) is 3.57. The van der Waals surface area contributed by atoms with Gasteiger partial charge in [0.25, 0.3) is 0 Å². The van der Waals surface area contributed by atoms with Crippen molar-refractivity contribution in [1.82, 2.24) is 10.2 Å². The van der Waals surface area contributed by atoms with E-state index in [0.717, 1.165) is 13.1 Å². The zero-order chi connectivity index (χ0) is 12.9. The second-order valence-corrected chi connectivity index (χ2v) is 6.04. The Hall–Kier alpha value is -0.510. The van der Waals surface area contributed by atoms with Crippen molar-refractivity contribution in [3.63, 3.8) is 0 Å². The summed E-state index contributed by atoms with van der Waals surface area (Å²) < 4.78 is 0. The predicted octanol–water partition coefficient (Wildman–Crippen LogP) is 2.84. The number of benzene rings is 1. The highest BCUT2D eigenvalue weighted by atomic mass is 32.2. The monoisotopic (exact) mass is 252 g/mol. The van der Waals surface area contributed by atoms with E-state index in [0.29, 0.717) is 0 Å². The van der Waals surface area contributed by atoms with Crippen molar-refractivity contribution in [2.45, 2.75) is 30.8 Å². The summed E-state index contributed by atoms with van der Waals surface area (Å²) in [6.07, 6.45) is 2.10. The fourth-order valence-electron chi connectivity index (χ4n) is 1.41. The van der Waals surface area contributed by atoms with Crippen LogP contribution in [0.25, 0.3) is 0 Å². The largest absolute Gasteiger partial charge is 0.311 e. The number of hydrogen-bond acceptors (Lipinski definition) is 3. The maximum atomic E-state index is 3.51. The maximum absolute atomic E-state index is 3.51. The maximum Gasteiger partial charge on any atom is 0.0271 e. The van der Waals surface area contributed by atoms with Crippen molar-refractivity contribution in [3.05, 3.63) is 29.8 Å². The van der Waals surface area contributed by atoms with Crippen LogP contribution in [0.4, 0.5) is 0 Å². The molecule has 0 heterocycles. The highest BCUT2D eigenvalue weighted by molar-refractivity contribution is 7.98. The van der Waals surface area contributed by atoms with Crippen molar-refractivity contribution < 1.29 is 0 Å². The number of nitrogens with zero attached hydrogens (tertiary/aromatic N) is 1. The quantitative estimate of drug-likeness (QED) is 0.784. The summed E-state index contributed by atoms with van der Waals surface area (Å²) in [6.45, 7) is 6.42. The van der Waals surface area contributed by atoms with Crippen LogP contribution in [0.2, 0.25) is 0 Å². The summed E-state index contributed by atoms with van der Waals surface area (Å²) >= 11 is 1.78. The van der Waals surface area contributed by atoms with E-state index >= 15 is 0 Å². The van der Waals surface area contributed by atoms with Gasteiger partial charge >= 0.3 is 0 Å². The minimum Gasteiger partial charge on any atom is -0.311 e.